The van der Waals surface area contributed by atoms with Crippen LogP contribution in [0.15, 0.2) is 28.7 Å². The second kappa shape index (κ2) is 5.45. The number of nitrogens with zero attached hydrogens (tertiary/aromatic N) is 2. The van der Waals surface area contributed by atoms with Gasteiger partial charge in [0.05, 0.1) is 6.54 Å². The molecule has 5 nitrogen and oxygen atoms in total. The molecule has 0 aliphatic rings. The van der Waals surface area contributed by atoms with E-state index in [4.69, 9.17) is 4.42 Å². The van der Waals surface area contributed by atoms with Gasteiger partial charge in [-0.15, -0.1) is 5.10 Å². The van der Waals surface area contributed by atoms with Crippen LogP contribution in [-0.4, -0.2) is 17.2 Å². The quantitative estimate of drug-likeness (QED) is 0.826. The second-order valence-electron chi connectivity index (χ2n) is 3.71. The number of aryl methyl sites for hydroxylation is 1. The van der Waals surface area contributed by atoms with Crippen molar-refractivity contribution in [1.29, 1.82) is 0 Å². The summed E-state index contributed by atoms with van der Waals surface area (Å²) in [6, 6.07) is 8.57. The zero-order valence-electron chi connectivity index (χ0n) is 10.0. The first-order chi connectivity index (χ1) is 8.31. The third-order valence-corrected chi connectivity index (χ3v) is 2.41. The predicted octanol–water partition coefficient (Wildman–Crippen LogP) is 2.09. The van der Waals surface area contributed by atoms with E-state index in [0.717, 1.165) is 12.1 Å². The molecule has 2 N–H and O–H groups in total. The smallest absolute Gasteiger partial charge is 0.320 e. The molecular weight excluding hydrogens is 216 g/mol. The molecule has 1 heterocycles. The summed E-state index contributed by atoms with van der Waals surface area (Å²) in [4.78, 5) is 0. The molecule has 2 rings (SSSR count). The molecule has 1 aromatic heterocycles. The Kier molecular flexibility index (Phi) is 3.72. The largest absolute Gasteiger partial charge is 0.406 e. The molecule has 17 heavy (non-hydrogen) atoms. The van der Waals surface area contributed by atoms with E-state index in [1.165, 1.54) is 5.56 Å². The Morgan fingerprint density at radius 2 is 1.94 bits per heavy atom. The van der Waals surface area contributed by atoms with Crippen molar-refractivity contribution >= 4 is 11.7 Å². The van der Waals surface area contributed by atoms with Crippen molar-refractivity contribution in [3.8, 4) is 0 Å². The zero-order chi connectivity index (χ0) is 12.1. The van der Waals surface area contributed by atoms with Gasteiger partial charge in [0, 0.05) is 5.69 Å². The van der Waals surface area contributed by atoms with Crippen molar-refractivity contribution in [2.75, 3.05) is 12.4 Å². The summed E-state index contributed by atoms with van der Waals surface area (Å²) in [6.07, 6.45) is 1.03. The summed E-state index contributed by atoms with van der Waals surface area (Å²) < 4.78 is 5.39. The monoisotopic (exact) mass is 232 g/mol. The van der Waals surface area contributed by atoms with Crippen LogP contribution < -0.4 is 10.6 Å². The third kappa shape index (κ3) is 3.04. The van der Waals surface area contributed by atoms with Gasteiger partial charge in [-0.25, -0.2) is 0 Å². The van der Waals surface area contributed by atoms with Crippen LogP contribution >= 0.6 is 0 Å². The Bertz CT molecular complexity index is 464. The summed E-state index contributed by atoms with van der Waals surface area (Å²) in [6.45, 7) is 2.70. The Morgan fingerprint density at radius 3 is 2.59 bits per heavy atom. The lowest BCUT2D eigenvalue weighted by Gasteiger charge is -2.02. The lowest BCUT2D eigenvalue weighted by atomic mass is 10.1. The van der Waals surface area contributed by atoms with Crippen LogP contribution in [0.2, 0.25) is 0 Å². The summed E-state index contributed by atoms with van der Waals surface area (Å²) in [7, 11) is 1.83. The van der Waals surface area contributed by atoms with Gasteiger partial charge in [0.1, 0.15) is 0 Å². The Morgan fingerprint density at radius 1 is 1.18 bits per heavy atom. The van der Waals surface area contributed by atoms with Gasteiger partial charge >= 0.3 is 6.01 Å². The van der Waals surface area contributed by atoms with E-state index in [1.807, 2.05) is 19.2 Å². The minimum absolute atomic E-state index is 0.416. The fraction of sp³-hybridized carbons (Fsp3) is 0.333. The van der Waals surface area contributed by atoms with Crippen LogP contribution in [0.5, 0.6) is 0 Å². The van der Waals surface area contributed by atoms with E-state index >= 15 is 0 Å². The van der Waals surface area contributed by atoms with E-state index < -0.39 is 0 Å². The Hall–Kier alpha value is -1.88. The summed E-state index contributed by atoms with van der Waals surface area (Å²) in [5, 5.41) is 13.8. The van der Waals surface area contributed by atoms with E-state index in [2.05, 4.69) is 39.9 Å². The van der Waals surface area contributed by atoms with Crippen molar-refractivity contribution in [3.05, 3.63) is 35.7 Å². The van der Waals surface area contributed by atoms with Crippen LogP contribution in [0, 0.1) is 0 Å². The van der Waals surface area contributed by atoms with Gasteiger partial charge in [-0.1, -0.05) is 24.2 Å². The van der Waals surface area contributed by atoms with Crippen molar-refractivity contribution in [2.45, 2.75) is 19.9 Å². The highest BCUT2D eigenvalue weighted by molar-refractivity contribution is 5.52. The third-order valence-electron chi connectivity index (χ3n) is 2.41. The minimum atomic E-state index is 0.416. The maximum absolute atomic E-state index is 5.39. The molecule has 0 radical (unpaired) electrons. The van der Waals surface area contributed by atoms with Crippen molar-refractivity contribution in [1.82, 2.24) is 15.5 Å². The highest BCUT2D eigenvalue weighted by Gasteiger charge is 2.04. The average molecular weight is 232 g/mol. The van der Waals surface area contributed by atoms with Gasteiger partial charge in [-0.05, 0) is 31.2 Å². The zero-order valence-corrected chi connectivity index (χ0v) is 10.0. The summed E-state index contributed by atoms with van der Waals surface area (Å²) in [5.41, 5.74) is 2.25. The van der Waals surface area contributed by atoms with Crippen LogP contribution in [0.1, 0.15) is 18.4 Å². The standard InChI is InChI=1S/C12H16N4O/c1-3-9-4-6-10(7-5-9)14-12-16-15-11(17-12)8-13-2/h4-7,13H,3,8H2,1-2H3,(H,14,16). The maximum atomic E-state index is 5.39. The predicted molar refractivity (Wildman–Crippen MR) is 66.2 cm³/mol. The maximum Gasteiger partial charge on any atom is 0.320 e. The van der Waals surface area contributed by atoms with E-state index in [-0.39, 0.29) is 0 Å². The molecular formula is C12H16N4O. The summed E-state index contributed by atoms with van der Waals surface area (Å²) in [5.74, 6) is 0.570. The highest BCUT2D eigenvalue weighted by Crippen LogP contribution is 2.16. The van der Waals surface area contributed by atoms with Crippen LogP contribution in [0.4, 0.5) is 11.7 Å². The topological polar surface area (TPSA) is 63.0 Å². The molecule has 0 saturated heterocycles. The normalized spacial score (nSPS) is 10.5. The van der Waals surface area contributed by atoms with E-state index in [0.29, 0.717) is 18.5 Å². The molecule has 0 amide bonds. The molecule has 0 fully saturated rings. The van der Waals surface area contributed by atoms with Gasteiger partial charge in [-0.3, -0.25) is 0 Å². The first kappa shape index (κ1) is 11.6. The number of hydrogen-bond acceptors (Lipinski definition) is 5. The highest BCUT2D eigenvalue weighted by atomic mass is 16.4. The molecule has 5 heteroatoms. The molecule has 1 aromatic carbocycles. The lowest BCUT2D eigenvalue weighted by molar-refractivity contribution is 0.493. The fourth-order valence-electron chi connectivity index (χ4n) is 1.47. The van der Waals surface area contributed by atoms with Crippen molar-refractivity contribution < 1.29 is 4.42 Å². The first-order valence-corrected chi connectivity index (χ1v) is 5.64. The second-order valence-corrected chi connectivity index (χ2v) is 3.71. The molecule has 0 unspecified atom stereocenters. The van der Waals surface area contributed by atoms with Crippen molar-refractivity contribution in [3.63, 3.8) is 0 Å². The van der Waals surface area contributed by atoms with Gasteiger partial charge in [0.25, 0.3) is 0 Å². The number of hydrogen-bond donors (Lipinski definition) is 2. The van der Waals surface area contributed by atoms with E-state index in [9.17, 15) is 0 Å². The first-order valence-electron chi connectivity index (χ1n) is 5.64. The number of rotatable bonds is 5. The van der Waals surface area contributed by atoms with E-state index in [1.54, 1.807) is 0 Å². The molecule has 0 saturated carbocycles. The Balaban J connectivity index is 2.03. The minimum Gasteiger partial charge on any atom is -0.406 e. The average Bonchev–Trinajstić information content (AvgIpc) is 2.78. The molecule has 0 aliphatic carbocycles. The molecule has 0 spiro atoms. The number of anilines is 2. The molecule has 0 bridgehead atoms. The number of benzene rings is 1. The van der Waals surface area contributed by atoms with Crippen LogP contribution in [0.25, 0.3) is 0 Å². The molecule has 0 atom stereocenters. The van der Waals surface area contributed by atoms with Gasteiger partial charge in [0.2, 0.25) is 5.89 Å². The molecule has 90 valence electrons. The summed E-state index contributed by atoms with van der Waals surface area (Å²) >= 11 is 0. The van der Waals surface area contributed by atoms with Crippen LogP contribution in [0.3, 0.4) is 0 Å². The fourth-order valence-corrected chi connectivity index (χ4v) is 1.47. The number of aromatic nitrogens is 2. The lowest BCUT2D eigenvalue weighted by Crippen LogP contribution is -2.04. The van der Waals surface area contributed by atoms with Crippen molar-refractivity contribution in [2.24, 2.45) is 0 Å². The molecule has 0 aliphatic heterocycles. The van der Waals surface area contributed by atoms with Gasteiger partial charge in [-0.2, -0.15) is 0 Å². The number of nitrogens with one attached hydrogen (secondary N) is 2. The van der Waals surface area contributed by atoms with Gasteiger partial charge < -0.3 is 15.1 Å². The van der Waals surface area contributed by atoms with Gasteiger partial charge in [0.15, 0.2) is 0 Å². The Labute approximate surface area is 100 Å². The van der Waals surface area contributed by atoms with Crippen LogP contribution in [-0.2, 0) is 13.0 Å². The SMILES string of the molecule is CCc1ccc(Nc2nnc(CNC)o2)cc1. The molecule has 2 aromatic rings.